The van der Waals surface area contributed by atoms with E-state index < -0.39 is 11.4 Å². The first-order chi connectivity index (χ1) is 15.6. The van der Waals surface area contributed by atoms with Gasteiger partial charge in [0.25, 0.3) is 0 Å². The summed E-state index contributed by atoms with van der Waals surface area (Å²) >= 11 is 0. The average molecular weight is 450 g/mol. The third-order valence-corrected chi connectivity index (χ3v) is 7.50. The number of hydrogen-bond donors (Lipinski definition) is 2. The van der Waals surface area contributed by atoms with Gasteiger partial charge >= 0.3 is 5.97 Å². The van der Waals surface area contributed by atoms with Crippen molar-refractivity contribution < 1.29 is 24.1 Å². The van der Waals surface area contributed by atoms with Crippen molar-refractivity contribution in [3.63, 3.8) is 0 Å². The molecule has 2 bridgehead atoms. The molecule has 1 heterocycles. The number of aromatic nitrogens is 1. The largest absolute Gasteiger partial charge is 0.508 e. The SMILES string of the molecule is Cc1cc(-c2c(C(C)C)nc(OCC34CCC(C(=O)O)(C3)C4)c3cc(O)ccc23)ccc1F. The summed E-state index contributed by atoms with van der Waals surface area (Å²) in [7, 11) is 0. The fourth-order valence-electron chi connectivity index (χ4n) is 5.82. The van der Waals surface area contributed by atoms with Crippen LogP contribution >= 0.6 is 0 Å². The summed E-state index contributed by atoms with van der Waals surface area (Å²) in [5.74, 6) is -0.320. The number of phenols is 1. The van der Waals surface area contributed by atoms with Crippen LogP contribution in [0.3, 0.4) is 0 Å². The second kappa shape index (κ2) is 7.44. The molecule has 3 aromatic rings. The van der Waals surface area contributed by atoms with Gasteiger partial charge in [0.05, 0.1) is 17.7 Å². The molecule has 0 aliphatic heterocycles. The molecular weight excluding hydrogens is 421 g/mol. The van der Waals surface area contributed by atoms with E-state index in [0.29, 0.717) is 42.7 Å². The number of fused-ring (bicyclic) bond motifs is 2. The summed E-state index contributed by atoms with van der Waals surface area (Å²) in [6.07, 6.45) is 2.82. The molecule has 2 aromatic carbocycles. The van der Waals surface area contributed by atoms with Crippen molar-refractivity contribution >= 4 is 16.7 Å². The molecule has 0 saturated heterocycles. The van der Waals surface area contributed by atoms with Crippen molar-refractivity contribution in [2.75, 3.05) is 6.61 Å². The number of aliphatic carboxylic acids is 1. The van der Waals surface area contributed by atoms with Gasteiger partial charge in [-0.05, 0) is 85.4 Å². The summed E-state index contributed by atoms with van der Waals surface area (Å²) in [4.78, 5) is 16.5. The molecule has 0 radical (unpaired) electrons. The van der Waals surface area contributed by atoms with E-state index in [-0.39, 0.29) is 22.9 Å². The van der Waals surface area contributed by atoms with Crippen molar-refractivity contribution in [2.45, 2.75) is 52.4 Å². The molecule has 3 aliphatic rings. The Morgan fingerprint density at radius 1 is 1.15 bits per heavy atom. The molecular formula is C27H28FNO4. The van der Waals surface area contributed by atoms with Gasteiger partial charge in [0, 0.05) is 16.4 Å². The Bertz CT molecular complexity index is 1280. The molecule has 5 nitrogen and oxygen atoms in total. The van der Waals surface area contributed by atoms with Crippen molar-refractivity contribution in [1.29, 1.82) is 0 Å². The van der Waals surface area contributed by atoms with Gasteiger partial charge in [-0.3, -0.25) is 4.79 Å². The highest BCUT2D eigenvalue weighted by Gasteiger charge is 2.65. The number of aryl methyl sites for hydroxylation is 1. The Hall–Kier alpha value is -3.15. The number of carboxylic acid groups (broad SMARTS) is 1. The number of pyridine rings is 1. The van der Waals surface area contributed by atoms with E-state index in [1.54, 1.807) is 25.1 Å². The maximum atomic E-state index is 14.0. The van der Waals surface area contributed by atoms with Crippen LogP contribution in [0.5, 0.6) is 11.6 Å². The monoisotopic (exact) mass is 449 g/mol. The summed E-state index contributed by atoms with van der Waals surface area (Å²) in [6.45, 7) is 6.26. The van der Waals surface area contributed by atoms with Gasteiger partial charge in [0.2, 0.25) is 5.88 Å². The summed E-state index contributed by atoms with van der Waals surface area (Å²) in [5, 5.41) is 21.3. The molecule has 1 aromatic heterocycles. The molecule has 172 valence electrons. The third kappa shape index (κ3) is 3.43. The minimum Gasteiger partial charge on any atom is -0.508 e. The first kappa shape index (κ1) is 21.7. The van der Waals surface area contributed by atoms with Crippen molar-refractivity contribution in [3.8, 4) is 22.8 Å². The number of nitrogens with zero attached hydrogens (tertiary/aromatic N) is 1. The predicted molar refractivity (Wildman–Crippen MR) is 124 cm³/mol. The van der Waals surface area contributed by atoms with E-state index in [9.17, 15) is 19.4 Å². The van der Waals surface area contributed by atoms with Crippen LogP contribution in [-0.4, -0.2) is 27.8 Å². The van der Waals surface area contributed by atoms with E-state index in [4.69, 9.17) is 9.72 Å². The van der Waals surface area contributed by atoms with Crippen molar-refractivity contribution in [2.24, 2.45) is 10.8 Å². The number of ether oxygens (including phenoxy) is 1. The number of carboxylic acids is 1. The molecule has 0 amide bonds. The van der Waals surface area contributed by atoms with Crippen LogP contribution in [0.4, 0.5) is 4.39 Å². The zero-order valence-corrected chi connectivity index (χ0v) is 19.1. The topological polar surface area (TPSA) is 79.7 Å². The number of phenolic OH excluding ortho intramolecular Hbond substituents is 1. The number of rotatable bonds is 6. The van der Waals surface area contributed by atoms with Crippen LogP contribution in [0.25, 0.3) is 21.9 Å². The van der Waals surface area contributed by atoms with E-state index in [1.807, 2.05) is 12.1 Å². The second-order valence-corrected chi connectivity index (χ2v) is 10.3. The minimum absolute atomic E-state index is 0.0823. The van der Waals surface area contributed by atoms with Crippen LogP contribution in [0.1, 0.15) is 56.7 Å². The fraction of sp³-hybridized carbons (Fsp3) is 0.407. The van der Waals surface area contributed by atoms with Gasteiger partial charge in [0.1, 0.15) is 11.6 Å². The van der Waals surface area contributed by atoms with Gasteiger partial charge in [-0.1, -0.05) is 19.9 Å². The molecule has 33 heavy (non-hydrogen) atoms. The lowest BCUT2D eigenvalue weighted by Gasteiger charge is -2.44. The van der Waals surface area contributed by atoms with Gasteiger partial charge in [-0.2, -0.15) is 0 Å². The predicted octanol–water partition coefficient (Wildman–Crippen LogP) is 6.20. The van der Waals surface area contributed by atoms with Gasteiger partial charge in [-0.15, -0.1) is 0 Å². The summed E-state index contributed by atoms with van der Waals surface area (Å²) in [6, 6.07) is 10.2. The molecule has 0 unspecified atom stereocenters. The van der Waals surface area contributed by atoms with Crippen LogP contribution in [-0.2, 0) is 4.79 Å². The van der Waals surface area contributed by atoms with Crippen LogP contribution in [0.15, 0.2) is 36.4 Å². The lowest BCUT2D eigenvalue weighted by Crippen LogP contribution is -2.46. The van der Waals surface area contributed by atoms with Crippen LogP contribution in [0, 0.1) is 23.6 Å². The lowest BCUT2D eigenvalue weighted by molar-refractivity contribution is -0.158. The van der Waals surface area contributed by atoms with E-state index >= 15 is 0 Å². The third-order valence-electron chi connectivity index (χ3n) is 7.50. The Morgan fingerprint density at radius 2 is 1.91 bits per heavy atom. The second-order valence-electron chi connectivity index (χ2n) is 10.3. The van der Waals surface area contributed by atoms with Gasteiger partial charge < -0.3 is 14.9 Å². The normalized spacial score (nSPS) is 23.7. The number of benzene rings is 2. The Morgan fingerprint density at radius 3 is 2.55 bits per heavy atom. The molecule has 3 fully saturated rings. The Labute approximate surface area is 192 Å². The summed E-state index contributed by atoms with van der Waals surface area (Å²) in [5.41, 5.74) is 2.47. The molecule has 3 saturated carbocycles. The van der Waals surface area contributed by atoms with E-state index in [2.05, 4.69) is 13.8 Å². The Kier molecular flexibility index (Phi) is 4.89. The average Bonchev–Trinajstić information content (AvgIpc) is 3.31. The minimum atomic E-state index is -0.704. The lowest BCUT2D eigenvalue weighted by atomic mass is 9.60. The van der Waals surface area contributed by atoms with E-state index in [0.717, 1.165) is 28.6 Å². The highest BCUT2D eigenvalue weighted by Crippen LogP contribution is 2.67. The molecule has 0 atom stereocenters. The zero-order valence-electron chi connectivity index (χ0n) is 19.1. The quantitative estimate of drug-likeness (QED) is 0.468. The van der Waals surface area contributed by atoms with Gasteiger partial charge in [-0.25, -0.2) is 9.37 Å². The molecule has 6 rings (SSSR count). The fourth-order valence-corrected chi connectivity index (χ4v) is 5.82. The Balaban J connectivity index is 1.58. The number of halogens is 1. The molecule has 3 aliphatic carbocycles. The molecule has 0 spiro atoms. The number of carbonyl (C=O) groups is 1. The van der Waals surface area contributed by atoms with Crippen molar-refractivity contribution in [3.05, 3.63) is 53.5 Å². The smallest absolute Gasteiger partial charge is 0.309 e. The first-order valence-electron chi connectivity index (χ1n) is 11.4. The highest BCUT2D eigenvalue weighted by molar-refractivity contribution is 6.01. The van der Waals surface area contributed by atoms with E-state index in [1.165, 1.54) is 6.07 Å². The standard InChI is InChI=1S/C27H28FNO4/c1-15(2)23-22(17-4-7-21(28)16(3)10-17)19-6-5-18(30)11-20(19)24(29-23)33-14-26-8-9-27(12-26,13-26)25(31)32/h4-7,10-11,15,30H,8-9,12-14H2,1-3H3,(H,31,32). The zero-order chi connectivity index (χ0) is 23.5. The van der Waals surface area contributed by atoms with Crippen LogP contribution in [0.2, 0.25) is 0 Å². The summed E-state index contributed by atoms with van der Waals surface area (Å²) < 4.78 is 20.2. The number of hydrogen-bond acceptors (Lipinski definition) is 4. The number of aromatic hydroxyl groups is 1. The molecule has 2 N–H and O–H groups in total. The van der Waals surface area contributed by atoms with Crippen molar-refractivity contribution in [1.82, 2.24) is 4.98 Å². The maximum absolute atomic E-state index is 14.0. The highest BCUT2D eigenvalue weighted by atomic mass is 19.1. The molecule has 6 heteroatoms. The first-order valence-corrected chi connectivity index (χ1v) is 11.4. The maximum Gasteiger partial charge on any atom is 0.309 e. The van der Waals surface area contributed by atoms with Gasteiger partial charge in [0.15, 0.2) is 0 Å². The van der Waals surface area contributed by atoms with Crippen LogP contribution < -0.4 is 4.74 Å².